The average Bonchev–Trinajstić information content (AvgIpc) is 2.56. The van der Waals surface area contributed by atoms with Crippen LogP contribution < -0.4 is 29.6 Å². The fraction of sp³-hybridized carbons (Fsp3) is 0.688. The average molecular weight is 414 g/mol. The molecule has 0 aromatic rings. The monoisotopic (exact) mass is 414 g/mol. The van der Waals surface area contributed by atoms with Gasteiger partial charge in [-0.3, -0.25) is 9.59 Å². The Hall–Kier alpha value is -1.85. The maximum atomic E-state index is 11.0. The van der Waals surface area contributed by atoms with Crippen molar-refractivity contribution in [2.75, 3.05) is 13.2 Å². The molecule has 0 saturated carbocycles. The number of aliphatic hydroxyl groups excluding tert-OH is 1. The molecule has 0 aliphatic heterocycles. The zero-order valence-electron chi connectivity index (χ0n) is 17.4. The number of rotatable bonds is 8. The number of carbonyl (C=O) groups excluding carboxylic acids is 3. The van der Waals surface area contributed by atoms with E-state index in [9.17, 15) is 24.4 Å². The SMILES string of the molecule is CCOC(=O)C(N=O)=C(O)C(C)C.CCOC(=O)CC(=O)C(C)C.O=N[O-].[Na+]. The molecule has 12 heteroatoms. The summed E-state index contributed by atoms with van der Waals surface area (Å²) in [7, 11) is 0. The number of nitrogens with zero attached hydrogens (tertiary/aromatic N) is 2. The normalized spacial score (nSPS) is 10.0. The van der Waals surface area contributed by atoms with Crippen molar-refractivity contribution in [2.24, 2.45) is 22.4 Å². The largest absolute Gasteiger partial charge is 1.00 e. The fourth-order valence-corrected chi connectivity index (χ4v) is 1.22. The molecule has 0 spiro atoms. The third-order valence-corrected chi connectivity index (χ3v) is 2.62. The van der Waals surface area contributed by atoms with Gasteiger partial charge in [0.2, 0.25) is 5.70 Å². The summed E-state index contributed by atoms with van der Waals surface area (Å²) < 4.78 is 9.12. The Labute approximate surface area is 186 Å². The van der Waals surface area contributed by atoms with E-state index in [4.69, 9.17) is 10.1 Å². The molecule has 0 aliphatic rings. The van der Waals surface area contributed by atoms with Crippen LogP contribution in [0.3, 0.4) is 0 Å². The van der Waals surface area contributed by atoms with Crippen LogP contribution in [0.5, 0.6) is 0 Å². The minimum Gasteiger partial charge on any atom is -0.509 e. The van der Waals surface area contributed by atoms with E-state index in [0.717, 1.165) is 5.34 Å². The molecule has 1 N–H and O–H groups in total. The first-order valence-corrected chi connectivity index (χ1v) is 8.10. The topological polar surface area (TPSA) is 172 Å². The number of aliphatic hydroxyl groups is 1. The first-order chi connectivity index (χ1) is 12.5. The molecule has 0 saturated heterocycles. The first-order valence-electron chi connectivity index (χ1n) is 8.10. The van der Waals surface area contributed by atoms with E-state index in [1.807, 2.05) is 0 Å². The number of allylic oxidation sites excluding steroid dienone is 1. The van der Waals surface area contributed by atoms with E-state index in [0.29, 0.717) is 6.61 Å². The summed E-state index contributed by atoms with van der Waals surface area (Å²) in [5.74, 6) is -2.12. The third kappa shape index (κ3) is 18.9. The Balaban J connectivity index is -0.000000176. The van der Waals surface area contributed by atoms with Crippen LogP contribution >= 0.6 is 0 Å². The number of nitroso groups, excluding NO2 is 1. The van der Waals surface area contributed by atoms with Crippen molar-refractivity contribution in [3.05, 3.63) is 26.5 Å². The van der Waals surface area contributed by atoms with Crippen LogP contribution in [0.25, 0.3) is 0 Å². The van der Waals surface area contributed by atoms with Gasteiger partial charge in [0.25, 0.3) is 0 Å². The van der Waals surface area contributed by atoms with E-state index in [2.05, 4.69) is 14.7 Å². The second-order valence-corrected chi connectivity index (χ2v) is 5.38. The summed E-state index contributed by atoms with van der Waals surface area (Å²) in [5, 5.41) is 20.7. The number of hydrogen-bond acceptors (Lipinski definition) is 11. The molecule has 0 unspecified atom stereocenters. The van der Waals surface area contributed by atoms with Crippen molar-refractivity contribution in [2.45, 2.75) is 48.0 Å². The van der Waals surface area contributed by atoms with Gasteiger partial charge >= 0.3 is 41.5 Å². The summed E-state index contributed by atoms with van der Waals surface area (Å²) in [6.07, 6.45) is -0.0918. The minimum absolute atomic E-state index is 0. The summed E-state index contributed by atoms with van der Waals surface area (Å²) in [4.78, 5) is 50.8. The maximum Gasteiger partial charge on any atom is 1.00 e. The maximum absolute atomic E-state index is 11.0. The van der Waals surface area contributed by atoms with Gasteiger partial charge in [-0.1, -0.05) is 27.7 Å². The van der Waals surface area contributed by atoms with Gasteiger partial charge in [-0.25, -0.2) is 4.79 Å². The van der Waals surface area contributed by atoms with Gasteiger partial charge in [-0.05, 0) is 19.0 Å². The van der Waals surface area contributed by atoms with Crippen molar-refractivity contribution in [1.82, 2.24) is 0 Å². The molecule has 0 heterocycles. The number of carbonyl (C=O) groups is 3. The Morgan fingerprint density at radius 1 is 0.964 bits per heavy atom. The van der Waals surface area contributed by atoms with E-state index >= 15 is 0 Å². The Morgan fingerprint density at radius 3 is 1.68 bits per heavy atom. The van der Waals surface area contributed by atoms with Crippen LogP contribution in [-0.4, -0.2) is 36.0 Å². The molecule has 0 aromatic heterocycles. The Kier molecular flexibility index (Phi) is 25.8. The predicted molar refractivity (Wildman–Crippen MR) is 97.2 cm³/mol. The first kappa shape index (κ1) is 33.7. The number of hydrogen-bond donors (Lipinski definition) is 1. The second kappa shape index (κ2) is 21.5. The van der Waals surface area contributed by atoms with Crippen LogP contribution in [0.15, 0.2) is 22.0 Å². The van der Waals surface area contributed by atoms with Gasteiger partial charge in [-0.2, -0.15) is 0 Å². The molecule has 0 atom stereocenters. The van der Waals surface area contributed by atoms with E-state index in [-0.39, 0.29) is 66.0 Å². The van der Waals surface area contributed by atoms with Crippen molar-refractivity contribution in [3.8, 4) is 0 Å². The van der Waals surface area contributed by atoms with Gasteiger partial charge in [0.05, 0.1) is 13.2 Å². The van der Waals surface area contributed by atoms with Crippen LogP contribution in [-0.2, 0) is 23.9 Å². The molecular formula is C16H27N2NaO9. The quantitative estimate of drug-likeness (QED) is 0.110. The smallest absolute Gasteiger partial charge is 0.509 e. The van der Waals surface area contributed by atoms with Crippen LogP contribution in [0.1, 0.15) is 48.0 Å². The molecule has 0 aliphatic carbocycles. The van der Waals surface area contributed by atoms with Crippen molar-refractivity contribution >= 4 is 17.7 Å². The number of Topliss-reactive ketones (excluding diaryl/α,β-unsaturated/α-hetero) is 1. The Morgan fingerprint density at radius 2 is 1.39 bits per heavy atom. The molecule has 156 valence electrons. The van der Waals surface area contributed by atoms with Gasteiger partial charge in [0.1, 0.15) is 18.0 Å². The van der Waals surface area contributed by atoms with Crippen LogP contribution in [0, 0.1) is 26.9 Å². The summed E-state index contributed by atoms with van der Waals surface area (Å²) in [6, 6.07) is 0. The van der Waals surface area contributed by atoms with E-state index in [1.165, 1.54) is 0 Å². The summed E-state index contributed by atoms with van der Waals surface area (Å²) in [6.45, 7) is 10.6. The second-order valence-electron chi connectivity index (χ2n) is 5.38. The van der Waals surface area contributed by atoms with Gasteiger partial charge in [0.15, 0.2) is 0 Å². The molecule has 0 aromatic carbocycles. The van der Waals surface area contributed by atoms with Gasteiger partial charge < -0.3 is 24.7 Å². The Bertz CT molecular complexity index is 520. The van der Waals surface area contributed by atoms with Crippen LogP contribution in [0.2, 0.25) is 0 Å². The number of esters is 2. The van der Waals surface area contributed by atoms with Crippen molar-refractivity contribution < 1.29 is 58.5 Å². The third-order valence-electron chi connectivity index (χ3n) is 2.62. The predicted octanol–water partition coefficient (Wildman–Crippen LogP) is 0.161. The molecule has 11 nitrogen and oxygen atoms in total. The molecule has 0 rings (SSSR count). The van der Waals surface area contributed by atoms with E-state index in [1.54, 1.807) is 41.5 Å². The van der Waals surface area contributed by atoms with Gasteiger partial charge in [-0.15, -0.1) is 10.2 Å². The van der Waals surface area contributed by atoms with Crippen LogP contribution in [0.4, 0.5) is 0 Å². The molecule has 0 fully saturated rings. The van der Waals surface area contributed by atoms with Gasteiger partial charge in [0, 0.05) is 11.8 Å². The minimum atomic E-state index is -0.885. The number of ether oxygens (including phenoxy) is 2. The van der Waals surface area contributed by atoms with Crippen molar-refractivity contribution in [3.63, 3.8) is 0 Å². The molecule has 0 radical (unpaired) electrons. The molecule has 28 heavy (non-hydrogen) atoms. The molecule has 0 bridgehead atoms. The number of ketones is 1. The summed E-state index contributed by atoms with van der Waals surface area (Å²) in [5.41, 5.74) is -0.545. The van der Waals surface area contributed by atoms with E-state index < -0.39 is 17.6 Å². The molecular weight excluding hydrogens is 387 g/mol. The molecule has 0 amide bonds. The zero-order valence-corrected chi connectivity index (χ0v) is 19.4. The zero-order chi connectivity index (χ0) is 22.0. The van der Waals surface area contributed by atoms with Crippen molar-refractivity contribution in [1.29, 1.82) is 0 Å². The standard InChI is InChI=1S/C8H13NO4.C8H14O3.HNO2.Na/c1-4-13-8(11)6(9-12)7(10)5(2)3;1-4-11-8(10)5-7(9)6(2)3;2-1-3;/h5,10H,4H2,1-3H3;6H,4-5H2,1-3H3;(H,2,3);/q;;;+1/p-1. The summed E-state index contributed by atoms with van der Waals surface area (Å²) >= 11 is 0. The fourth-order valence-electron chi connectivity index (χ4n) is 1.22.